The van der Waals surface area contributed by atoms with Crippen LogP contribution in [0, 0.1) is 0 Å². The molecule has 0 saturated carbocycles. The van der Waals surface area contributed by atoms with Crippen LogP contribution in [0.4, 0.5) is 5.69 Å². The molecule has 0 radical (unpaired) electrons. The fourth-order valence-corrected chi connectivity index (χ4v) is 4.20. The minimum atomic E-state index is -1.50. The Morgan fingerprint density at radius 1 is 1.17 bits per heavy atom. The van der Waals surface area contributed by atoms with Crippen LogP contribution in [0.25, 0.3) is 0 Å². The zero-order valence-corrected chi connectivity index (χ0v) is 17.1. The first-order chi connectivity index (χ1) is 13.7. The molecule has 0 aliphatic carbocycles. The standard InChI is InChI=1S/C21H21NO6S/c1-12-20(24)22(3)17-10-16(8-9-18(17)28-12)19(23)13(2)29(27)11-14-4-6-15(7-5-14)21(25)26/h4-10,12-13H,11H2,1-3H3,(H,25,26). The van der Waals surface area contributed by atoms with E-state index in [1.54, 1.807) is 51.2 Å². The highest BCUT2D eigenvalue weighted by Gasteiger charge is 2.30. The molecule has 1 amide bonds. The fourth-order valence-electron chi connectivity index (χ4n) is 3.05. The summed E-state index contributed by atoms with van der Waals surface area (Å²) in [6.07, 6.45) is -0.590. The summed E-state index contributed by atoms with van der Waals surface area (Å²) in [5.41, 5.74) is 1.68. The first-order valence-electron chi connectivity index (χ1n) is 9.01. The number of amides is 1. The molecule has 8 heteroatoms. The Balaban J connectivity index is 1.75. The molecule has 0 aromatic heterocycles. The van der Waals surface area contributed by atoms with Gasteiger partial charge in [0.2, 0.25) is 0 Å². The molecule has 1 aliphatic heterocycles. The van der Waals surface area contributed by atoms with Crippen molar-refractivity contribution < 1.29 is 28.4 Å². The van der Waals surface area contributed by atoms with Crippen molar-refractivity contribution in [3.63, 3.8) is 0 Å². The van der Waals surface area contributed by atoms with Crippen LogP contribution in [0.15, 0.2) is 42.5 Å². The maximum absolute atomic E-state index is 12.8. The highest BCUT2D eigenvalue weighted by molar-refractivity contribution is 7.85. The van der Waals surface area contributed by atoms with E-state index in [2.05, 4.69) is 0 Å². The molecule has 3 atom stereocenters. The summed E-state index contributed by atoms with van der Waals surface area (Å²) in [4.78, 5) is 37.3. The average molecular weight is 415 g/mol. The lowest BCUT2D eigenvalue weighted by atomic mass is 10.1. The number of ether oxygens (including phenoxy) is 1. The minimum absolute atomic E-state index is 0.136. The van der Waals surface area contributed by atoms with Gasteiger partial charge in [-0.2, -0.15) is 0 Å². The number of Topliss-reactive ketones (excluding diaryl/α,β-unsaturated/α-hetero) is 1. The molecule has 0 spiro atoms. The van der Waals surface area contributed by atoms with Crippen LogP contribution >= 0.6 is 0 Å². The molecule has 1 heterocycles. The molecule has 0 bridgehead atoms. The number of carbonyl (C=O) groups excluding carboxylic acids is 2. The lowest BCUT2D eigenvalue weighted by Gasteiger charge is -2.30. The number of aromatic carboxylic acids is 1. The highest BCUT2D eigenvalue weighted by Crippen LogP contribution is 2.34. The number of benzene rings is 2. The SMILES string of the molecule is CC1Oc2ccc(C(=O)C(C)S(=O)Cc3ccc(C(=O)O)cc3)cc2N(C)C1=O. The quantitative estimate of drug-likeness (QED) is 0.728. The van der Waals surface area contributed by atoms with E-state index in [1.807, 2.05) is 0 Å². The van der Waals surface area contributed by atoms with E-state index in [1.165, 1.54) is 17.0 Å². The maximum atomic E-state index is 12.8. The topological polar surface area (TPSA) is 101 Å². The van der Waals surface area contributed by atoms with Gasteiger partial charge in [-0.3, -0.25) is 13.8 Å². The van der Waals surface area contributed by atoms with Crippen molar-refractivity contribution in [2.45, 2.75) is 31.0 Å². The monoisotopic (exact) mass is 415 g/mol. The van der Waals surface area contributed by atoms with Crippen LogP contribution < -0.4 is 9.64 Å². The third-order valence-electron chi connectivity index (χ3n) is 4.86. The van der Waals surface area contributed by atoms with Crippen molar-refractivity contribution in [3.05, 3.63) is 59.2 Å². The van der Waals surface area contributed by atoms with E-state index < -0.39 is 28.1 Å². The maximum Gasteiger partial charge on any atom is 0.335 e. The largest absolute Gasteiger partial charge is 0.479 e. The molecule has 7 nitrogen and oxygen atoms in total. The number of rotatable bonds is 6. The second-order valence-electron chi connectivity index (χ2n) is 6.87. The number of fused-ring (bicyclic) bond motifs is 1. The van der Waals surface area contributed by atoms with Gasteiger partial charge in [-0.15, -0.1) is 0 Å². The summed E-state index contributed by atoms with van der Waals surface area (Å²) >= 11 is 0. The number of nitrogens with zero attached hydrogens (tertiary/aromatic N) is 1. The van der Waals surface area contributed by atoms with Gasteiger partial charge in [-0.05, 0) is 49.7 Å². The molecule has 0 fully saturated rings. The van der Waals surface area contributed by atoms with Gasteiger partial charge in [-0.1, -0.05) is 12.1 Å². The van der Waals surface area contributed by atoms with E-state index in [0.29, 0.717) is 22.6 Å². The van der Waals surface area contributed by atoms with Crippen molar-refractivity contribution in [2.75, 3.05) is 11.9 Å². The molecule has 3 unspecified atom stereocenters. The van der Waals surface area contributed by atoms with Gasteiger partial charge < -0.3 is 14.7 Å². The molecule has 2 aromatic rings. The molecule has 1 N–H and O–H groups in total. The Morgan fingerprint density at radius 2 is 1.79 bits per heavy atom. The lowest BCUT2D eigenvalue weighted by molar-refractivity contribution is -0.125. The molecule has 152 valence electrons. The zero-order chi connectivity index (χ0) is 21.3. The van der Waals surface area contributed by atoms with Crippen molar-refractivity contribution in [1.29, 1.82) is 0 Å². The molecule has 1 aliphatic rings. The number of likely N-dealkylation sites (N-methyl/N-ethyl adjacent to an activating group) is 1. The summed E-state index contributed by atoms with van der Waals surface area (Å²) in [7, 11) is 0.126. The number of anilines is 1. The number of hydrogen-bond acceptors (Lipinski definition) is 5. The molecule has 2 aromatic carbocycles. The van der Waals surface area contributed by atoms with Crippen LogP contribution in [0.1, 0.15) is 40.1 Å². The Kier molecular flexibility index (Phi) is 5.83. The van der Waals surface area contributed by atoms with Crippen LogP contribution in [-0.4, -0.2) is 45.4 Å². The van der Waals surface area contributed by atoms with Crippen molar-refractivity contribution >= 4 is 34.1 Å². The molecular weight excluding hydrogens is 394 g/mol. The normalized spacial score (nSPS) is 17.8. The van der Waals surface area contributed by atoms with Gasteiger partial charge in [0.15, 0.2) is 11.9 Å². The van der Waals surface area contributed by atoms with Crippen molar-refractivity contribution in [1.82, 2.24) is 0 Å². The Bertz CT molecular complexity index is 1000. The third kappa shape index (κ3) is 4.22. The predicted octanol–water partition coefficient (Wildman–Crippen LogP) is 2.65. The zero-order valence-electron chi connectivity index (χ0n) is 16.2. The van der Waals surface area contributed by atoms with Crippen molar-refractivity contribution in [3.8, 4) is 5.75 Å². The van der Waals surface area contributed by atoms with E-state index >= 15 is 0 Å². The number of carbonyl (C=O) groups is 3. The first kappa shape index (κ1) is 20.7. The Morgan fingerprint density at radius 3 is 2.41 bits per heavy atom. The Labute approximate surface area is 170 Å². The van der Waals surface area contributed by atoms with E-state index in [4.69, 9.17) is 9.84 Å². The van der Waals surface area contributed by atoms with Gasteiger partial charge in [0.05, 0.1) is 16.5 Å². The highest BCUT2D eigenvalue weighted by atomic mass is 32.2. The second kappa shape index (κ2) is 8.16. The summed E-state index contributed by atoms with van der Waals surface area (Å²) < 4.78 is 18.2. The van der Waals surface area contributed by atoms with Gasteiger partial charge in [-0.25, -0.2) is 4.79 Å². The van der Waals surface area contributed by atoms with Gasteiger partial charge >= 0.3 is 5.97 Å². The van der Waals surface area contributed by atoms with E-state index in [9.17, 15) is 18.6 Å². The first-order valence-corrected chi connectivity index (χ1v) is 10.4. The van der Waals surface area contributed by atoms with Crippen LogP contribution in [0.5, 0.6) is 5.75 Å². The number of ketones is 1. The second-order valence-corrected chi connectivity index (χ2v) is 8.63. The summed E-state index contributed by atoms with van der Waals surface area (Å²) in [5, 5.41) is 8.17. The minimum Gasteiger partial charge on any atom is -0.479 e. The van der Waals surface area contributed by atoms with Crippen molar-refractivity contribution in [2.24, 2.45) is 0 Å². The molecule has 3 rings (SSSR count). The van der Waals surface area contributed by atoms with Gasteiger partial charge in [0.1, 0.15) is 5.75 Å². The van der Waals surface area contributed by atoms with E-state index in [0.717, 1.165) is 0 Å². The van der Waals surface area contributed by atoms with E-state index in [-0.39, 0.29) is 23.0 Å². The number of hydrogen-bond donors (Lipinski definition) is 1. The number of carboxylic acids is 1. The number of carboxylic acid groups (broad SMARTS) is 1. The third-order valence-corrected chi connectivity index (χ3v) is 6.48. The van der Waals surface area contributed by atoms with Gasteiger partial charge in [0.25, 0.3) is 5.91 Å². The van der Waals surface area contributed by atoms with Crippen LogP contribution in [0.3, 0.4) is 0 Å². The lowest BCUT2D eigenvalue weighted by Crippen LogP contribution is -2.42. The van der Waals surface area contributed by atoms with Gasteiger partial charge in [0, 0.05) is 29.2 Å². The smallest absolute Gasteiger partial charge is 0.335 e. The fraction of sp³-hybridized carbons (Fsp3) is 0.286. The molecule has 0 saturated heterocycles. The summed E-state index contributed by atoms with van der Waals surface area (Å²) in [6.45, 7) is 3.26. The molecule has 29 heavy (non-hydrogen) atoms. The average Bonchev–Trinajstić information content (AvgIpc) is 2.71. The summed E-state index contributed by atoms with van der Waals surface area (Å²) in [5.74, 6) is -0.883. The van der Waals surface area contributed by atoms with Crippen LogP contribution in [-0.2, 0) is 21.3 Å². The Hall–Kier alpha value is -3.00. The van der Waals surface area contributed by atoms with Crippen LogP contribution in [0.2, 0.25) is 0 Å². The summed E-state index contributed by atoms with van der Waals surface area (Å²) in [6, 6.07) is 10.9. The molecular formula is C21H21NO6S. The predicted molar refractivity (Wildman–Crippen MR) is 109 cm³/mol.